The van der Waals surface area contributed by atoms with Crippen molar-refractivity contribution in [3.05, 3.63) is 0 Å². The van der Waals surface area contributed by atoms with E-state index in [9.17, 15) is 9.59 Å². The third-order valence-electron chi connectivity index (χ3n) is 2.24. The fourth-order valence-corrected chi connectivity index (χ4v) is 1.09. The molecule has 0 radical (unpaired) electrons. The van der Waals surface area contributed by atoms with Crippen molar-refractivity contribution in [3.8, 4) is 0 Å². The molecule has 0 aromatic rings. The maximum atomic E-state index is 11.8. The lowest BCUT2D eigenvalue weighted by Crippen LogP contribution is -2.50. The van der Waals surface area contributed by atoms with Crippen molar-refractivity contribution in [1.82, 2.24) is 10.2 Å². The lowest BCUT2D eigenvalue weighted by atomic mass is 10.0. The van der Waals surface area contributed by atoms with Gasteiger partial charge in [-0.3, -0.25) is 4.79 Å². The van der Waals surface area contributed by atoms with Crippen molar-refractivity contribution in [3.63, 3.8) is 0 Å². The molecule has 0 aliphatic rings. The Balaban J connectivity index is -0.000000198. The lowest BCUT2D eigenvalue weighted by molar-refractivity contribution is -0.132. The molecule has 0 rings (SSSR count). The van der Waals surface area contributed by atoms with E-state index in [2.05, 4.69) is 23.9 Å². The minimum Gasteiger partial charge on any atom is -0.453 e. The van der Waals surface area contributed by atoms with Crippen LogP contribution in [0.3, 0.4) is 0 Å². The largest absolute Gasteiger partial charge is 0.453 e. The van der Waals surface area contributed by atoms with E-state index in [1.165, 1.54) is 13.5 Å². The summed E-state index contributed by atoms with van der Waals surface area (Å²) in [5.41, 5.74) is 0. The summed E-state index contributed by atoms with van der Waals surface area (Å²) in [6, 6.07) is -0.526. The number of nitrogens with one attached hydrogen (secondary N) is 1. The smallest absolute Gasteiger partial charge is 0.407 e. The van der Waals surface area contributed by atoms with Gasteiger partial charge in [-0.25, -0.2) is 4.79 Å². The third kappa shape index (κ3) is 16.8. The molecule has 0 aromatic heterocycles. The molecule has 5 heteroatoms. The highest BCUT2D eigenvalue weighted by Gasteiger charge is 2.26. The van der Waals surface area contributed by atoms with Gasteiger partial charge in [0, 0.05) is 13.6 Å². The Morgan fingerprint density at radius 3 is 1.64 bits per heavy atom. The first-order valence-corrected chi connectivity index (χ1v) is 8.44. The van der Waals surface area contributed by atoms with Gasteiger partial charge in [-0.2, -0.15) is 0 Å². The van der Waals surface area contributed by atoms with Gasteiger partial charge in [0.1, 0.15) is 6.04 Å². The van der Waals surface area contributed by atoms with E-state index < -0.39 is 12.1 Å². The minimum absolute atomic E-state index is 0.0330. The van der Waals surface area contributed by atoms with Crippen molar-refractivity contribution in [2.75, 3.05) is 20.7 Å². The summed E-state index contributed by atoms with van der Waals surface area (Å²) in [5.74, 6) is -0.0662. The van der Waals surface area contributed by atoms with E-state index in [4.69, 9.17) is 0 Å². The normalized spacial score (nSPS) is 9.64. The van der Waals surface area contributed by atoms with Crippen LogP contribution in [0.15, 0.2) is 0 Å². The van der Waals surface area contributed by atoms with E-state index in [-0.39, 0.29) is 11.8 Å². The van der Waals surface area contributed by atoms with Crippen LogP contribution >= 0.6 is 0 Å². The van der Waals surface area contributed by atoms with E-state index in [0.29, 0.717) is 6.54 Å². The zero-order valence-electron chi connectivity index (χ0n) is 16.7. The minimum atomic E-state index is -0.577. The first-order valence-electron chi connectivity index (χ1n) is 8.44. The Morgan fingerprint density at radius 2 is 1.41 bits per heavy atom. The second-order valence-electron chi connectivity index (χ2n) is 4.42. The van der Waals surface area contributed by atoms with Crippen LogP contribution in [-0.4, -0.2) is 43.6 Å². The summed E-state index contributed by atoms with van der Waals surface area (Å²) >= 11 is 0. The summed E-state index contributed by atoms with van der Waals surface area (Å²) in [5, 5.41) is 2.53. The van der Waals surface area contributed by atoms with Crippen molar-refractivity contribution < 1.29 is 14.3 Å². The molecule has 0 spiro atoms. The number of hydrogen-bond donors (Lipinski definition) is 1. The lowest BCUT2D eigenvalue weighted by Gasteiger charge is -2.25. The molecule has 0 heterocycles. The summed E-state index contributed by atoms with van der Waals surface area (Å²) in [7, 11) is 2.98. The molecule has 0 fully saturated rings. The highest BCUT2D eigenvalue weighted by molar-refractivity contribution is 5.85. The number of carbonyl (C=O) groups is 2. The Kier molecular flexibility index (Phi) is 28.9. The molecule has 1 atom stereocenters. The van der Waals surface area contributed by atoms with E-state index >= 15 is 0 Å². The van der Waals surface area contributed by atoms with Crippen LogP contribution in [0.1, 0.15) is 68.7 Å². The fraction of sp³-hybridized carbons (Fsp3) is 0.882. The van der Waals surface area contributed by atoms with Crippen molar-refractivity contribution in [2.45, 2.75) is 74.8 Å². The maximum Gasteiger partial charge on any atom is 0.407 e. The van der Waals surface area contributed by atoms with Gasteiger partial charge in [-0.1, -0.05) is 61.8 Å². The Morgan fingerprint density at radius 1 is 1.05 bits per heavy atom. The molecule has 1 N–H and O–H groups in total. The highest BCUT2D eigenvalue weighted by Crippen LogP contribution is 2.05. The molecule has 5 nitrogen and oxygen atoms in total. The molecule has 0 bridgehead atoms. The predicted molar refractivity (Wildman–Crippen MR) is 96.1 cm³/mol. The van der Waals surface area contributed by atoms with Crippen molar-refractivity contribution in [2.24, 2.45) is 5.92 Å². The number of alkyl carbamates (subject to hydrolysis) is 1. The van der Waals surface area contributed by atoms with E-state index in [1.54, 1.807) is 11.9 Å². The SMILES string of the molecule is CC.CC.CCC.CCN(C)C(=O)C(NC(=O)OC)C(C)C. The van der Waals surface area contributed by atoms with Gasteiger partial charge in [-0.15, -0.1) is 0 Å². The third-order valence-corrected chi connectivity index (χ3v) is 2.24. The van der Waals surface area contributed by atoms with Crippen LogP contribution in [-0.2, 0) is 9.53 Å². The number of nitrogens with zero attached hydrogens (tertiary/aromatic N) is 1. The van der Waals surface area contributed by atoms with E-state index in [1.807, 2.05) is 48.5 Å². The molecular formula is C17H40N2O3. The fourth-order valence-electron chi connectivity index (χ4n) is 1.09. The van der Waals surface area contributed by atoms with Crippen LogP contribution in [0.4, 0.5) is 4.79 Å². The second-order valence-corrected chi connectivity index (χ2v) is 4.42. The van der Waals surface area contributed by atoms with Gasteiger partial charge < -0.3 is 15.0 Å². The standard InChI is InChI=1S/C10H20N2O3.C3H8.2C2H6/c1-6-12(4)9(13)8(7(2)3)11-10(14)15-5;1-3-2;2*1-2/h7-8H,6H2,1-5H3,(H,11,14);3H2,1-2H3;2*1-2H3. The molecule has 0 aromatic carbocycles. The summed E-state index contributed by atoms with van der Waals surface area (Å²) in [4.78, 5) is 24.4. The highest BCUT2D eigenvalue weighted by atomic mass is 16.5. The molecule has 2 amide bonds. The van der Waals surface area contributed by atoms with Gasteiger partial charge in [0.2, 0.25) is 5.91 Å². The monoisotopic (exact) mass is 320 g/mol. The Labute approximate surface area is 138 Å². The average molecular weight is 321 g/mol. The van der Waals surface area contributed by atoms with Crippen LogP contribution in [0, 0.1) is 5.92 Å². The number of likely N-dealkylation sites (N-methyl/N-ethyl adjacent to an activating group) is 1. The first kappa shape index (κ1) is 28.8. The number of ether oxygens (including phenoxy) is 1. The van der Waals surface area contributed by atoms with Crippen molar-refractivity contribution >= 4 is 12.0 Å². The zero-order valence-corrected chi connectivity index (χ0v) is 16.7. The molecule has 0 aliphatic heterocycles. The molecule has 0 saturated carbocycles. The van der Waals surface area contributed by atoms with Gasteiger partial charge >= 0.3 is 6.09 Å². The molecule has 136 valence electrons. The summed E-state index contributed by atoms with van der Waals surface area (Å²) in [6.45, 7) is 18.5. The zero-order chi connectivity index (χ0) is 18.7. The maximum absolute atomic E-state index is 11.8. The second kappa shape index (κ2) is 22.0. The number of amides is 2. The number of carbonyl (C=O) groups excluding carboxylic acids is 2. The molecule has 0 aliphatic carbocycles. The van der Waals surface area contributed by atoms with Gasteiger partial charge in [0.25, 0.3) is 0 Å². The van der Waals surface area contributed by atoms with Gasteiger partial charge in [-0.05, 0) is 12.8 Å². The van der Waals surface area contributed by atoms with Crippen LogP contribution < -0.4 is 5.32 Å². The van der Waals surface area contributed by atoms with Crippen molar-refractivity contribution in [1.29, 1.82) is 0 Å². The molecule has 22 heavy (non-hydrogen) atoms. The van der Waals surface area contributed by atoms with Crippen LogP contribution in [0.2, 0.25) is 0 Å². The topological polar surface area (TPSA) is 58.6 Å². The first-order chi connectivity index (χ1) is 10.3. The molecular weight excluding hydrogens is 280 g/mol. The number of hydrogen-bond acceptors (Lipinski definition) is 3. The quantitative estimate of drug-likeness (QED) is 0.839. The number of methoxy groups -OCH3 is 1. The number of rotatable bonds is 4. The van der Waals surface area contributed by atoms with E-state index in [0.717, 1.165) is 0 Å². The molecule has 1 unspecified atom stereocenters. The Bertz CT molecular complexity index is 244. The molecule has 0 saturated heterocycles. The average Bonchev–Trinajstić information content (AvgIpc) is 2.55. The predicted octanol–water partition coefficient (Wildman–Crippen LogP) is 4.31. The summed E-state index contributed by atoms with van der Waals surface area (Å²) < 4.78 is 4.47. The van der Waals surface area contributed by atoms with Gasteiger partial charge in [0.15, 0.2) is 0 Å². The van der Waals surface area contributed by atoms with Gasteiger partial charge in [0.05, 0.1) is 7.11 Å². The Hall–Kier alpha value is -1.26. The van der Waals surface area contributed by atoms with Crippen LogP contribution in [0.5, 0.6) is 0 Å². The van der Waals surface area contributed by atoms with Crippen LogP contribution in [0.25, 0.3) is 0 Å². The summed E-state index contributed by atoms with van der Waals surface area (Å²) in [6.07, 6.45) is 0.673.